The number of hydrogen-bond acceptors (Lipinski definition) is 4. The molecule has 1 aliphatic heterocycles. The van der Waals surface area contributed by atoms with Gasteiger partial charge in [-0.15, -0.1) is 0 Å². The summed E-state index contributed by atoms with van der Waals surface area (Å²) in [7, 11) is 1.98. The number of para-hydroxylation sites is 1. The van der Waals surface area contributed by atoms with E-state index >= 15 is 0 Å². The number of nitrogens with one attached hydrogen (secondary N) is 1. The smallest absolute Gasteiger partial charge is 0.408 e. The summed E-state index contributed by atoms with van der Waals surface area (Å²) >= 11 is 0. The highest BCUT2D eigenvalue weighted by Gasteiger charge is 2.44. The van der Waals surface area contributed by atoms with E-state index in [1.165, 1.54) is 0 Å². The van der Waals surface area contributed by atoms with Crippen molar-refractivity contribution in [1.82, 2.24) is 14.8 Å². The Morgan fingerprint density at radius 1 is 1.24 bits per heavy atom. The molecule has 2 amide bonds. The Kier molecular flexibility index (Phi) is 6.45. The topological polar surface area (TPSA) is 83.8 Å². The molecule has 7 nitrogen and oxygen atoms in total. The molecule has 1 aliphatic carbocycles. The summed E-state index contributed by atoms with van der Waals surface area (Å²) in [4.78, 5) is 28.2. The van der Waals surface area contributed by atoms with Crippen LogP contribution in [0.2, 0.25) is 0 Å². The van der Waals surface area contributed by atoms with Crippen molar-refractivity contribution in [3.8, 4) is 0 Å². The Labute approximate surface area is 196 Å². The van der Waals surface area contributed by atoms with Crippen molar-refractivity contribution in [2.45, 2.75) is 76.5 Å². The first-order valence-electron chi connectivity index (χ1n) is 12.1. The third kappa shape index (κ3) is 5.18. The van der Waals surface area contributed by atoms with Crippen LogP contribution in [0.1, 0.15) is 58.4 Å². The fraction of sp³-hybridized carbons (Fsp3) is 0.615. The molecule has 1 aromatic heterocycles. The van der Waals surface area contributed by atoms with Gasteiger partial charge in [0.1, 0.15) is 11.6 Å². The van der Waals surface area contributed by atoms with E-state index < -0.39 is 23.3 Å². The van der Waals surface area contributed by atoms with Crippen molar-refractivity contribution in [2.24, 2.45) is 13.0 Å². The number of benzene rings is 1. The number of nitrogens with zero attached hydrogens (tertiary/aromatic N) is 2. The normalized spacial score (nSPS) is 24.3. The van der Waals surface area contributed by atoms with Crippen LogP contribution in [0.15, 0.2) is 30.5 Å². The molecule has 3 atom stereocenters. The number of aliphatic hydroxyl groups is 1. The first-order chi connectivity index (χ1) is 15.6. The molecule has 0 radical (unpaired) electrons. The number of hydrogen-bond donors (Lipinski definition) is 2. The standard InChI is InChI=1S/C26H37N3O4/c1-25(2,3)33-24(31)27-21(15-18-16-28(4)22-11-6-5-10-20(18)22)23(30)29-14-13-26(32)12-8-7-9-19(26)17-29/h5-6,10-11,16,19,21,32H,7-9,12-15,17H2,1-4H3,(H,27,31)/t19-,21-,26+/m0/s1. The van der Waals surface area contributed by atoms with Crippen molar-refractivity contribution in [3.63, 3.8) is 0 Å². The molecule has 7 heteroatoms. The second-order valence-electron chi connectivity index (χ2n) is 10.8. The number of carbonyl (C=O) groups is 2. The zero-order valence-electron chi connectivity index (χ0n) is 20.3. The number of rotatable bonds is 4. The molecule has 1 aromatic carbocycles. The lowest BCUT2D eigenvalue weighted by Gasteiger charge is -2.48. The molecular formula is C26H37N3O4. The highest BCUT2D eigenvalue weighted by atomic mass is 16.6. The van der Waals surface area contributed by atoms with E-state index in [9.17, 15) is 14.7 Å². The molecular weight excluding hydrogens is 418 g/mol. The molecule has 33 heavy (non-hydrogen) atoms. The monoisotopic (exact) mass is 455 g/mol. The van der Waals surface area contributed by atoms with Gasteiger partial charge >= 0.3 is 6.09 Å². The van der Waals surface area contributed by atoms with Gasteiger partial charge in [0.2, 0.25) is 5.91 Å². The summed E-state index contributed by atoms with van der Waals surface area (Å²) in [5.74, 6) is -0.00917. The zero-order valence-corrected chi connectivity index (χ0v) is 20.3. The fourth-order valence-electron chi connectivity index (χ4n) is 5.45. The van der Waals surface area contributed by atoms with Crippen LogP contribution < -0.4 is 5.32 Å². The summed E-state index contributed by atoms with van der Waals surface area (Å²) < 4.78 is 7.52. The van der Waals surface area contributed by atoms with Crippen LogP contribution in [0.4, 0.5) is 4.79 Å². The van der Waals surface area contributed by atoms with E-state index in [1.807, 2.05) is 67.7 Å². The molecule has 2 fully saturated rings. The van der Waals surface area contributed by atoms with Gasteiger partial charge in [0.15, 0.2) is 0 Å². The van der Waals surface area contributed by atoms with Crippen LogP contribution in [0.3, 0.4) is 0 Å². The van der Waals surface area contributed by atoms with E-state index in [0.717, 1.165) is 42.1 Å². The van der Waals surface area contributed by atoms with Gasteiger partial charge in [0.25, 0.3) is 0 Å². The Balaban J connectivity index is 1.57. The average Bonchev–Trinajstić information content (AvgIpc) is 3.06. The van der Waals surface area contributed by atoms with Crippen LogP contribution in [-0.4, -0.2) is 56.9 Å². The summed E-state index contributed by atoms with van der Waals surface area (Å²) in [6.45, 7) is 6.47. The Morgan fingerprint density at radius 3 is 2.76 bits per heavy atom. The number of likely N-dealkylation sites (tertiary alicyclic amines) is 1. The average molecular weight is 456 g/mol. The van der Waals surface area contributed by atoms with Crippen LogP contribution in [-0.2, 0) is 23.0 Å². The van der Waals surface area contributed by atoms with Crippen LogP contribution >= 0.6 is 0 Å². The van der Waals surface area contributed by atoms with Gasteiger partial charge in [0, 0.05) is 49.6 Å². The number of carbonyl (C=O) groups excluding carboxylic acids is 2. The number of aromatic nitrogens is 1. The van der Waals surface area contributed by atoms with E-state index in [0.29, 0.717) is 25.9 Å². The maximum absolute atomic E-state index is 13.7. The molecule has 4 rings (SSSR count). The van der Waals surface area contributed by atoms with E-state index in [4.69, 9.17) is 4.74 Å². The minimum atomic E-state index is -0.736. The first-order valence-corrected chi connectivity index (χ1v) is 12.1. The third-order valence-electron chi connectivity index (χ3n) is 7.13. The molecule has 0 unspecified atom stereocenters. The minimum Gasteiger partial charge on any atom is -0.444 e. The zero-order chi connectivity index (χ0) is 23.8. The Hall–Kier alpha value is -2.54. The van der Waals surface area contributed by atoms with Crippen molar-refractivity contribution < 1.29 is 19.4 Å². The number of amides is 2. The summed E-state index contributed by atoms with van der Waals surface area (Å²) in [5.41, 5.74) is 0.787. The quantitative estimate of drug-likeness (QED) is 0.735. The fourth-order valence-corrected chi connectivity index (χ4v) is 5.45. The first kappa shape index (κ1) is 23.6. The van der Waals surface area contributed by atoms with Gasteiger partial charge in [-0.25, -0.2) is 4.79 Å². The van der Waals surface area contributed by atoms with Crippen LogP contribution in [0.5, 0.6) is 0 Å². The van der Waals surface area contributed by atoms with E-state index in [2.05, 4.69) is 5.32 Å². The highest BCUT2D eigenvalue weighted by Crippen LogP contribution is 2.40. The SMILES string of the molecule is Cn1cc(C[C@H](NC(=O)OC(C)(C)C)C(=O)N2CC[C@]3(O)CCCC[C@H]3C2)c2ccccc21. The lowest BCUT2D eigenvalue weighted by Crippen LogP contribution is -2.58. The molecule has 180 valence electrons. The molecule has 0 spiro atoms. The maximum Gasteiger partial charge on any atom is 0.408 e. The molecule has 2 aliphatic rings. The molecule has 1 saturated carbocycles. The number of aryl methyl sites for hydroxylation is 1. The number of piperidine rings is 1. The van der Waals surface area contributed by atoms with Gasteiger partial charge < -0.3 is 24.6 Å². The summed E-state index contributed by atoms with van der Waals surface area (Å²) in [6, 6.07) is 7.33. The Morgan fingerprint density at radius 2 is 2.00 bits per heavy atom. The lowest BCUT2D eigenvalue weighted by molar-refractivity contribution is -0.145. The highest BCUT2D eigenvalue weighted by molar-refractivity contribution is 5.88. The molecule has 2 aromatic rings. The van der Waals surface area contributed by atoms with Gasteiger partial charge in [-0.3, -0.25) is 4.79 Å². The summed E-state index contributed by atoms with van der Waals surface area (Å²) in [6.07, 6.45) is 6.30. The second-order valence-corrected chi connectivity index (χ2v) is 10.8. The molecule has 2 N–H and O–H groups in total. The number of alkyl carbamates (subject to hydrolysis) is 1. The van der Waals surface area contributed by atoms with Crippen molar-refractivity contribution >= 4 is 22.9 Å². The van der Waals surface area contributed by atoms with Gasteiger partial charge in [-0.05, 0) is 51.7 Å². The molecule has 2 heterocycles. The second kappa shape index (κ2) is 9.01. The van der Waals surface area contributed by atoms with Gasteiger partial charge in [-0.1, -0.05) is 31.0 Å². The van der Waals surface area contributed by atoms with Crippen molar-refractivity contribution in [3.05, 3.63) is 36.0 Å². The van der Waals surface area contributed by atoms with Crippen molar-refractivity contribution in [2.75, 3.05) is 13.1 Å². The number of ether oxygens (including phenoxy) is 1. The van der Waals surface area contributed by atoms with E-state index in [1.54, 1.807) is 0 Å². The predicted molar refractivity (Wildman–Crippen MR) is 128 cm³/mol. The van der Waals surface area contributed by atoms with Crippen molar-refractivity contribution in [1.29, 1.82) is 0 Å². The van der Waals surface area contributed by atoms with E-state index in [-0.39, 0.29) is 11.8 Å². The molecule has 1 saturated heterocycles. The van der Waals surface area contributed by atoms with Crippen LogP contribution in [0, 0.1) is 5.92 Å². The maximum atomic E-state index is 13.7. The largest absolute Gasteiger partial charge is 0.444 e. The minimum absolute atomic E-state index is 0.101. The van der Waals surface area contributed by atoms with Gasteiger partial charge in [0.05, 0.1) is 5.60 Å². The molecule has 0 bridgehead atoms. The lowest BCUT2D eigenvalue weighted by atomic mass is 9.71. The third-order valence-corrected chi connectivity index (χ3v) is 7.13. The number of fused-ring (bicyclic) bond motifs is 2. The van der Waals surface area contributed by atoms with Gasteiger partial charge in [-0.2, -0.15) is 0 Å². The summed E-state index contributed by atoms with van der Waals surface area (Å²) in [5, 5.41) is 15.0. The Bertz CT molecular complexity index is 1020. The van der Waals surface area contributed by atoms with Crippen LogP contribution in [0.25, 0.3) is 10.9 Å². The predicted octanol–water partition coefficient (Wildman–Crippen LogP) is 3.77.